The van der Waals surface area contributed by atoms with Gasteiger partial charge in [0.1, 0.15) is 12.3 Å². The van der Waals surface area contributed by atoms with E-state index in [-0.39, 0.29) is 5.56 Å². The predicted octanol–water partition coefficient (Wildman–Crippen LogP) is 2.33. The molecule has 0 aliphatic carbocycles. The number of alkyl halides is 3. The zero-order chi connectivity index (χ0) is 23.2. The van der Waals surface area contributed by atoms with Crippen molar-refractivity contribution in [2.75, 3.05) is 13.2 Å². The second-order valence-corrected chi connectivity index (χ2v) is 8.34. The first-order valence-corrected chi connectivity index (χ1v) is 10.4. The van der Waals surface area contributed by atoms with Gasteiger partial charge >= 0.3 is 6.18 Å². The molecule has 2 aromatic carbocycles. The Labute approximate surface area is 180 Å². The van der Waals surface area contributed by atoms with E-state index in [1.165, 1.54) is 16.9 Å². The lowest BCUT2D eigenvalue weighted by Gasteiger charge is -2.11. The van der Waals surface area contributed by atoms with Crippen LogP contribution in [0.1, 0.15) is 15.9 Å². The Hall–Kier alpha value is -2.83. The van der Waals surface area contributed by atoms with Crippen LogP contribution < -0.4 is 20.3 Å². The van der Waals surface area contributed by atoms with Crippen molar-refractivity contribution in [3.63, 3.8) is 0 Å². The summed E-state index contributed by atoms with van der Waals surface area (Å²) in [4.78, 5) is 23.4. The Bertz CT molecular complexity index is 1080. The molecule has 0 spiro atoms. The number of ether oxygens (including phenoxy) is 1. The van der Waals surface area contributed by atoms with Crippen LogP contribution in [-0.4, -0.2) is 39.6 Å². The predicted molar refractivity (Wildman–Crippen MR) is 105 cm³/mol. The third-order valence-corrected chi connectivity index (χ3v) is 5.51. The summed E-state index contributed by atoms with van der Waals surface area (Å²) in [5.41, 5.74) is 4.67. The zero-order valence-electron chi connectivity index (χ0n) is 15.9. The lowest BCUT2D eigenvalue weighted by Crippen LogP contribution is -2.43. The molecule has 2 amide bonds. The van der Waals surface area contributed by atoms with Gasteiger partial charge in [-0.05, 0) is 48.9 Å². The van der Waals surface area contributed by atoms with Crippen molar-refractivity contribution in [1.29, 1.82) is 0 Å². The lowest BCUT2D eigenvalue weighted by atomic mass is 10.2. The summed E-state index contributed by atoms with van der Waals surface area (Å²) in [7, 11) is -4.49. The van der Waals surface area contributed by atoms with Crippen LogP contribution in [-0.2, 0) is 14.8 Å². The minimum absolute atomic E-state index is 0.204. The van der Waals surface area contributed by atoms with Crippen molar-refractivity contribution in [3.8, 4) is 5.75 Å². The summed E-state index contributed by atoms with van der Waals surface area (Å²) in [5, 5.41) is 0.530. The smallest absolute Gasteiger partial charge is 0.402 e. The van der Waals surface area contributed by atoms with Gasteiger partial charge in [0.05, 0.1) is 4.90 Å². The van der Waals surface area contributed by atoms with Crippen molar-refractivity contribution in [1.82, 2.24) is 15.6 Å². The van der Waals surface area contributed by atoms with Crippen LogP contribution in [0.4, 0.5) is 13.2 Å². The Balaban J connectivity index is 1.92. The molecule has 2 aromatic rings. The van der Waals surface area contributed by atoms with Crippen LogP contribution in [0, 0.1) is 6.92 Å². The average molecular weight is 480 g/mol. The molecular weight excluding hydrogens is 463 g/mol. The molecule has 0 bridgehead atoms. The normalized spacial score (nSPS) is 11.6. The Morgan fingerprint density at radius 1 is 1.10 bits per heavy atom. The van der Waals surface area contributed by atoms with Crippen LogP contribution in [0.2, 0.25) is 5.02 Å². The maximum atomic E-state index is 12.2. The van der Waals surface area contributed by atoms with Gasteiger partial charge in [0, 0.05) is 10.6 Å². The second kappa shape index (κ2) is 9.98. The lowest BCUT2D eigenvalue weighted by molar-refractivity contribution is -0.124. The minimum Gasteiger partial charge on any atom is -0.484 e. The maximum Gasteiger partial charge on any atom is 0.402 e. The van der Waals surface area contributed by atoms with E-state index in [0.717, 1.165) is 17.7 Å². The molecule has 13 heteroatoms. The summed E-state index contributed by atoms with van der Waals surface area (Å²) in [5.74, 6) is -1.22. The summed E-state index contributed by atoms with van der Waals surface area (Å²) in [6.45, 7) is -0.436. The highest BCUT2D eigenvalue weighted by atomic mass is 35.5. The Morgan fingerprint density at radius 3 is 2.45 bits per heavy atom. The number of amides is 2. The van der Waals surface area contributed by atoms with Gasteiger partial charge in [-0.2, -0.15) is 13.2 Å². The SMILES string of the molecule is Cc1cc(OCC(=O)NNC(=O)c2cccc(S(=O)(=O)NCC(F)(F)F)c2)ccc1Cl. The molecule has 0 fully saturated rings. The van der Waals surface area contributed by atoms with Gasteiger partial charge in [-0.15, -0.1) is 0 Å². The van der Waals surface area contributed by atoms with E-state index in [9.17, 15) is 31.2 Å². The third kappa shape index (κ3) is 7.74. The van der Waals surface area contributed by atoms with Gasteiger partial charge in [0.2, 0.25) is 10.0 Å². The monoisotopic (exact) mass is 479 g/mol. The number of halogens is 4. The topological polar surface area (TPSA) is 114 Å². The summed E-state index contributed by atoms with van der Waals surface area (Å²) < 4.78 is 67.3. The van der Waals surface area contributed by atoms with E-state index in [1.54, 1.807) is 25.1 Å². The van der Waals surface area contributed by atoms with E-state index in [1.807, 2.05) is 0 Å². The number of hydrogen-bond donors (Lipinski definition) is 3. The summed E-state index contributed by atoms with van der Waals surface area (Å²) in [6.07, 6.45) is -4.74. The highest BCUT2D eigenvalue weighted by Gasteiger charge is 2.30. The average Bonchev–Trinajstić information content (AvgIpc) is 2.71. The zero-order valence-corrected chi connectivity index (χ0v) is 17.5. The Kier molecular flexibility index (Phi) is 7.87. The first-order valence-electron chi connectivity index (χ1n) is 8.52. The van der Waals surface area contributed by atoms with E-state index < -0.39 is 46.1 Å². The first-order chi connectivity index (χ1) is 14.4. The third-order valence-electron chi connectivity index (χ3n) is 3.68. The standard InChI is InChI=1S/C18H17ClF3N3O5S/c1-11-7-13(5-6-15(11)19)30-9-16(26)24-25-17(27)12-3-2-4-14(8-12)31(28,29)23-10-18(20,21)22/h2-8,23H,9-10H2,1H3,(H,24,26)(H,25,27). The largest absolute Gasteiger partial charge is 0.484 e. The highest BCUT2D eigenvalue weighted by molar-refractivity contribution is 7.89. The van der Waals surface area contributed by atoms with Crippen molar-refractivity contribution in [2.24, 2.45) is 0 Å². The number of sulfonamides is 1. The number of rotatable bonds is 7. The molecule has 0 aromatic heterocycles. The summed E-state index contributed by atoms with van der Waals surface area (Å²) in [6, 6.07) is 9.05. The fourth-order valence-corrected chi connectivity index (χ4v) is 3.33. The quantitative estimate of drug-likeness (QED) is 0.527. The van der Waals surface area contributed by atoms with Crippen LogP contribution in [0.5, 0.6) is 5.75 Å². The molecule has 8 nitrogen and oxygen atoms in total. The maximum absolute atomic E-state index is 12.2. The van der Waals surface area contributed by atoms with Gasteiger partial charge < -0.3 is 4.74 Å². The Morgan fingerprint density at radius 2 is 1.81 bits per heavy atom. The van der Waals surface area contributed by atoms with Crippen LogP contribution >= 0.6 is 11.6 Å². The molecule has 2 rings (SSSR count). The van der Waals surface area contributed by atoms with Crippen LogP contribution in [0.3, 0.4) is 0 Å². The number of benzene rings is 2. The fraction of sp³-hybridized carbons (Fsp3) is 0.222. The number of carbonyl (C=O) groups is 2. The number of carbonyl (C=O) groups excluding carboxylic acids is 2. The molecule has 0 aliphatic heterocycles. The van der Waals surface area contributed by atoms with Gasteiger partial charge in [-0.3, -0.25) is 20.4 Å². The van der Waals surface area contributed by atoms with E-state index in [0.29, 0.717) is 10.8 Å². The molecule has 3 N–H and O–H groups in total. The van der Waals surface area contributed by atoms with Crippen molar-refractivity contribution >= 4 is 33.4 Å². The molecule has 0 saturated heterocycles. The molecule has 0 atom stereocenters. The van der Waals surface area contributed by atoms with Gasteiger partial charge in [-0.25, -0.2) is 13.1 Å². The van der Waals surface area contributed by atoms with E-state index in [2.05, 4.69) is 10.9 Å². The molecule has 0 aliphatic rings. The molecule has 0 unspecified atom stereocenters. The van der Waals surface area contributed by atoms with Gasteiger partial charge in [0.25, 0.3) is 11.8 Å². The number of hydrazine groups is 1. The highest BCUT2D eigenvalue weighted by Crippen LogP contribution is 2.21. The van der Waals surface area contributed by atoms with Crippen LogP contribution in [0.15, 0.2) is 47.4 Å². The molecular formula is C18H17ClF3N3O5S. The van der Waals surface area contributed by atoms with Crippen molar-refractivity contribution in [3.05, 3.63) is 58.6 Å². The molecule has 168 valence electrons. The minimum atomic E-state index is -4.74. The number of hydrogen-bond acceptors (Lipinski definition) is 5. The van der Waals surface area contributed by atoms with E-state index in [4.69, 9.17) is 16.3 Å². The number of nitrogens with one attached hydrogen (secondary N) is 3. The number of aryl methyl sites for hydroxylation is 1. The molecule has 31 heavy (non-hydrogen) atoms. The fourth-order valence-electron chi connectivity index (χ4n) is 2.16. The van der Waals surface area contributed by atoms with Gasteiger partial charge in [-0.1, -0.05) is 17.7 Å². The van der Waals surface area contributed by atoms with Crippen molar-refractivity contribution < 1.29 is 35.9 Å². The summed E-state index contributed by atoms with van der Waals surface area (Å²) >= 11 is 5.89. The van der Waals surface area contributed by atoms with Crippen LogP contribution in [0.25, 0.3) is 0 Å². The van der Waals surface area contributed by atoms with Crippen molar-refractivity contribution in [2.45, 2.75) is 18.0 Å². The molecule has 0 saturated carbocycles. The van der Waals surface area contributed by atoms with Gasteiger partial charge in [0.15, 0.2) is 6.61 Å². The molecule has 0 radical (unpaired) electrons. The second-order valence-electron chi connectivity index (χ2n) is 6.17. The van der Waals surface area contributed by atoms with E-state index >= 15 is 0 Å². The first kappa shape index (κ1) is 24.4. The molecule has 0 heterocycles.